The SMILES string of the molecule is CCC1C(=O)NCC1C(F)F. The molecule has 11 heavy (non-hydrogen) atoms. The Morgan fingerprint density at radius 3 is 2.73 bits per heavy atom. The molecule has 2 atom stereocenters. The van der Waals surface area contributed by atoms with Gasteiger partial charge in [0.05, 0.1) is 0 Å². The quantitative estimate of drug-likeness (QED) is 0.647. The van der Waals surface area contributed by atoms with Crippen molar-refractivity contribution in [3.05, 3.63) is 0 Å². The number of carbonyl (C=O) groups is 1. The first kappa shape index (κ1) is 8.43. The lowest BCUT2D eigenvalue weighted by Gasteiger charge is -2.12. The first-order valence-electron chi connectivity index (χ1n) is 3.72. The van der Waals surface area contributed by atoms with Crippen molar-refractivity contribution in [3.63, 3.8) is 0 Å². The Bertz CT molecular complexity index is 161. The topological polar surface area (TPSA) is 29.1 Å². The standard InChI is InChI=1S/C7H11F2NO/c1-2-4-5(6(8)9)3-10-7(4)11/h4-6H,2-3H2,1H3,(H,10,11). The smallest absolute Gasteiger partial charge is 0.243 e. The molecule has 1 fully saturated rings. The van der Waals surface area contributed by atoms with Crippen LogP contribution in [0.4, 0.5) is 8.78 Å². The number of hydrogen-bond acceptors (Lipinski definition) is 1. The lowest BCUT2D eigenvalue weighted by molar-refractivity contribution is -0.124. The van der Waals surface area contributed by atoms with E-state index in [0.717, 1.165) is 0 Å². The maximum absolute atomic E-state index is 12.2. The highest BCUT2D eigenvalue weighted by molar-refractivity contribution is 5.81. The molecule has 1 heterocycles. The molecule has 0 saturated carbocycles. The minimum atomic E-state index is -2.38. The van der Waals surface area contributed by atoms with Gasteiger partial charge in [-0.05, 0) is 6.42 Å². The van der Waals surface area contributed by atoms with E-state index in [9.17, 15) is 13.6 Å². The summed E-state index contributed by atoms with van der Waals surface area (Å²) in [5.41, 5.74) is 0. The Kier molecular flexibility index (Phi) is 2.42. The van der Waals surface area contributed by atoms with E-state index in [1.165, 1.54) is 0 Å². The fourth-order valence-corrected chi connectivity index (χ4v) is 1.44. The van der Waals surface area contributed by atoms with E-state index in [-0.39, 0.29) is 12.5 Å². The van der Waals surface area contributed by atoms with E-state index >= 15 is 0 Å². The second-order valence-electron chi connectivity index (χ2n) is 2.76. The Labute approximate surface area is 64.0 Å². The van der Waals surface area contributed by atoms with Gasteiger partial charge in [-0.3, -0.25) is 4.79 Å². The summed E-state index contributed by atoms with van der Waals surface area (Å²) in [6, 6.07) is 0. The molecule has 1 saturated heterocycles. The largest absolute Gasteiger partial charge is 0.355 e. The third-order valence-electron chi connectivity index (χ3n) is 2.13. The third kappa shape index (κ3) is 1.49. The van der Waals surface area contributed by atoms with Crippen LogP contribution in [-0.4, -0.2) is 18.9 Å². The van der Waals surface area contributed by atoms with E-state index in [4.69, 9.17) is 0 Å². The van der Waals surface area contributed by atoms with Crippen LogP contribution >= 0.6 is 0 Å². The van der Waals surface area contributed by atoms with Gasteiger partial charge in [0.25, 0.3) is 0 Å². The molecule has 1 amide bonds. The molecule has 0 aromatic rings. The highest BCUT2D eigenvalue weighted by Crippen LogP contribution is 2.26. The molecule has 2 unspecified atom stereocenters. The van der Waals surface area contributed by atoms with Gasteiger partial charge in [-0.1, -0.05) is 6.92 Å². The van der Waals surface area contributed by atoms with Crippen LogP contribution in [0.1, 0.15) is 13.3 Å². The lowest BCUT2D eigenvalue weighted by Crippen LogP contribution is -2.21. The zero-order valence-electron chi connectivity index (χ0n) is 6.31. The van der Waals surface area contributed by atoms with Gasteiger partial charge in [0, 0.05) is 18.4 Å². The maximum atomic E-state index is 12.2. The number of nitrogens with one attached hydrogen (secondary N) is 1. The fourth-order valence-electron chi connectivity index (χ4n) is 1.44. The van der Waals surface area contributed by atoms with E-state index < -0.39 is 18.3 Å². The predicted octanol–water partition coefficient (Wildman–Crippen LogP) is 1.02. The van der Waals surface area contributed by atoms with Crippen LogP contribution in [0, 0.1) is 11.8 Å². The summed E-state index contributed by atoms with van der Waals surface area (Å²) >= 11 is 0. The van der Waals surface area contributed by atoms with Crippen molar-refractivity contribution in [1.82, 2.24) is 5.32 Å². The Hall–Kier alpha value is -0.670. The molecule has 1 rings (SSSR count). The molecule has 0 spiro atoms. The lowest BCUT2D eigenvalue weighted by atomic mass is 9.94. The van der Waals surface area contributed by atoms with Gasteiger partial charge in [-0.25, -0.2) is 8.78 Å². The van der Waals surface area contributed by atoms with Crippen LogP contribution in [-0.2, 0) is 4.79 Å². The molecule has 4 heteroatoms. The van der Waals surface area contributed by atoms with Crippen LogP contribution < -0.4 is 5.32 Å². The summed E-state index contributed by atoms with van der Waals surface area (Å²) < 4.78 is 24.3. The van der Waals surface area contributed by atoms with E-state index in [1.807, 2.05) is 0 Å². The summed E-state index contributed by atoms with van der Waals surface area (Å²) in [6.07, 6.45) is -1.88. The molecule has 0 aromatic carbocycles. The number of carbonyl (C=O) groups excluding carboxylic acids is 1. The first-order chi connectivity index (χ1) is 5.16. The minimum Gasteiger partial charge on any atom is -0.355 e. The van der Waals surface area contributed by atoms with Gasteiger partial charge < -0.3 is 5.32 Å². The van der Waals surface area contributed by atoms with Gasteiger partial charge in [0.15, 0.2) is 0 Å². The van der Waals surface area contributed by atoms with Crippen molar-refractivity contribution < 1.29 is 13.6 Å². The summed E-state index contributed by atoms with van der Waals surface area (Å²) in [5.74, 6) is -1.47. The monoisotopic (exact) mass is 163 g/mol. The van der Waals surface area contributed by atoms with Crippen LogP contribution in [0.2, 0.25) is 0 Å². The van der Waals surface area contributed by atoms with Crippen molar-refractivity contribution in [1.29, 1.82) is 0 Å². The van der Waals surface area contributed by atoms with Crippen LogP contribution in [0.25, 0.3) is 0 Å². The molecule has 2 nitrogen and oxygen atoms in total. The normalized spacial score (nSPS) is 31.1. The molecular formula is C7H11F2NO. The summed E-state index contributed by atoms with van der Waals surface area (Å²) in [5, 5.41) is 2.43. The molecule has 0 aromatic heterocycles. The van der Waals surface area contributed by atoms with Gasteiger partial charge in [0.1, 0.15) is 0 Å². The predicted molar refractivity (Wildman–Crippen MR) is 36.3 cm³/mol. The van der Waals surface area contributed by atoms with Crippen molar-refractivity contribution in [2.24, 2.45) is 11.8 Å². The fraction of sp³-hybridized carbons (Fsp3) is 0.857. The highest BCUT2D eigenvalue weighted by Gasteiger charge is 2.38. The summed E-state index contributed by atoms with van der Waals surface area (Å²) in [6.45, 7) is 1.89. The van der Waals surface area contributed by atoms with Crippen molar-refractivity contribution >= 4 is 5.91 Å². The highest BCUT2D eigenvalue weighted by atomic mass is 19.3. The van der Waals surface area contributed by atoms with Gasteiger partial charge >= 0.3 is 0 Å². The third-order valence-corrected chi connectivity index (χ3v) is 2.13. The number of hydrogen-bond donors (Lipinski definition) is 1. The molecule has 1 aliphatic rings. The van der Waals surface area contributed by atoms with Crippen LogP contribution in [0.15, 0.2) is 0 Å². The number of rotatable bonds is 2. The Morgan fingerprint density at radius 2 is 2.36 bits per heavy atom. The van der Waals surface area contributed by atoms with Gasteiger partial charge in [-0.2, -0.15) is 0 Å². The second-order valence-corrected chi connectivity index (χ2v) is 2.76. The molecule has 0 aliphatic carbocycles. The molecule has 1 N–H and O–H groups in total. The van der Waals surface area contributed by atoms with Crippen molar-refractivity contribution in [2.75, 3.05) is 6.54 Å². The molecule has 1 aliphatic heterocycles. The first-order valence-corrected chi connectivity index (χ1v) is 3.72. The molecule has 64 valence electrons. The minimum absolute atomic E-state index is 0.134. The number of halogens is 2. The molecular weight excluding hydrogens is 152 g/mol. The average Bonchev–Trinajstić information content (AvgIpc) is 2.30. The van der Waals surface area contributed by atoms with Gasteiger partial charge in [0.2, 0.25) is 12.3 Å². The van der Waals surface area contributed by atoms with Crippen LogP contribution in [0.5, 0.6) is 0 Å². The average molecular weight is 163 g/mol. The Morgan fingerprint density at radius 1 is 1.73 bits per heavy atom. The zero-order chi connectivity index (χ0) is 8.43. The Balaban J connectivity index is 2.61. The number of alkyl halides is 2. The van der Waals surface area contributed by atoms with E-state index in [2.05, 4.69) is 5.32 Å². The second kappa shape index (κ2) is 3.15. The van der Waals surface area contributed by atoms with Gasteiger partial charge in [-0.15, -0.1) is 0 Å². The zero-order valence-corrected chi connectivity index (χ0v) is 6.31. The van der Waals surface area contributed by atoms with E-state index in [0.29, 0.717) is 6.42 Å². The maximum Gasteiger partial charge on any atom is 0.243 e. The van der Waals surface area contributed by atoms with E-state index in [1.54, 1.807) is 6.92 Å². The van der Waals surface area contributed by atoms with Crippen molar-refractivity contribution in [3.8, 4) is 0 Å². The number of amides is 1. The summed E-state index contributed by atoms with van der Waals surface area (Å²) in [7, 11) is 0. The van der Waals surface area contributed by atoms with Crippen molar-refractivity contribution in [2.45, 2.75) is 19.8 Å². The summed E-state index contributed by atoms with van der Waals surface area (Å²) in [4.78, 5) is 10.9. The molecule has 0 bridgehead atoms. The van der Waals surface area contributed by atoms with Crippen LogP contribution in [0.3, 0.4) is 0 Å². The molecule has 0 radical (unpaired) electrons.